The maximum absolute atomic E-state index is 13.3. The molecule has 1 unspecified atom stereocenters. The monoisotopic (exact) mass is 304 g/mol. The summed E-state index contributed by atoms with van der Waals surface area (Å²) in [5.74, 6) is -0.600. The fraction of sp³-hybridized carbons (Fsp3) is 0.364. The number of nitrogens with one attached hydrogen (secondary N) is 1. The highest BCUT2D eigenvalue weighted by atomic mass is 79.9. The Morgan fingerprint density at radius 3 is 2.88 bits per heavy atom. The Morgan fingerprint density at radius 1 is 1.65 bits per heavy atom. The topological polar surface area (TPSA) is 64.3 Å². The van der Waals surface area contributed by atoms with Gasteiger partial charge in [-0.05, 0) is 35.8 Å². The lowest BCUT2D eigenvalue weighted by Crippen LogP contribution is -2.36. The number of carbonyl (C=O) groups excluding carboxylic acids is 1. The first-order valence-corrected chi connectivity index (χ1v) is 5.93. The molecule has 0 saturated heterocycles. The lowest BCUT2D eigenvalue weighted by Gasteiger charge is -2.15. The van der Waals surface area contributed by atoms with Crippen LogP contribution in [-0.4, -0.2) is 18.6 Å². The van der Waals surface area contributed by atoms with Crippen molar-refractivity contribution in [3.05, 3.63) is 22.4 Å². The van der Waals surface area contributed by atoms with Gasteiger partial charge in [0.05, 0.1) is 10.2 Å². The molecule has 0 aliphatic carbocycles. The van der Waals surface area contributed by atoms with Gasteiger partial charge in [0.25, 0.3) is 5.91 Å². The van der Waals surface area contributed by atoms with Crippen molar-refractivity contribution in [2.24, 2.45) is 0 Å². The van der Waals surface area contributed by atoms with Gasteiger partial charge in [0.15, 0.2) is 6.10 Å². The second kappa shape index (κ2) is 5.86. The van der Waals surface area contributed by atoms with Crippen LogP contribution in [0.5, 0.6) is 5.75 Å². The molecular weight excluding hydrogens is 291 g/mol. The van der Waals surface area contributed by atoms with Gasteiger partial charge in [0, 0.05) is 12.6 Å². The Labute approximate surface area is 107 Å². The summed E-state index contributed by atoms with van der Waals surface area (Å²) in [6.07, 6.45) is -0.724. The molecule has 1 aromatic carbocycles. The Bertz CT molecular complexity index is 426. The highest BCUT2D eigenvalue weighted by molar-refractivity contribution is 9.10. The number of ether oxygens (including phenoxy) is 1. The molecule has 1 atom stereocenters. The van der Waals surface area contributed by atoms with E-state index in [0.717, 1.165) is 6.07 Å². The summed E-state index contributed by atoms with van der Waals surface area (Å²) in [6, 6.07) is 2.55. The van der Waals surface area contributed by atoms with Crippen molar-refractivity contribution in [1.29, 1.82) is 0 Å². The number of likely N-dealkylation sites (N-methyl/N-ethyl adjacent to an activating group) is 1. The summed E-state index contributed by atoms with van der Waals surface area (Å²) >= 11 is 3.01. The number of benzene rings is 1. The molecule has 4 nitrogen and oxygen atoms in total. The normalized spacial score (nSPS) is 12.0. The molecule has 94 valence electrons. The van der Waals surface area contributed by atoms with E-state index in [1.165, 1.54) is 6.07 Å². The van der Waals surface area contributed by atoms with Crippen molar-refractivity contribution >= 4 is 27.5 Å². The minimum absolute atomic E-state index is 0.157. The van der Waals surface area contributed by atoms with E-state index >= 15 is 0 Å². The largest absolute Gasteiger partial charge is 0.479 e. The Morgan fingerprint density at radius 2 is 2.29 bits per heavy atom. The van der Waals surface area contributed by atoms with Crippen LogP contribution in [0.1, 0.15) is 13.8 Å². The van der Waals surface area contributed by atoms with Crippen LogP contribution in [0.3, 0.4) is 0 Å². The number of carbonyl (C=O) groups is 1. The van der Waals surface area contributed by atoms with Crippen LogP contribution in [0.4, 0.5) is 10.1 Å². The second-order valence-corrected chi connectivity index (χ2v) is 4.31. The molecule has 0 spiro atoms. The van der Waals surface area contributed by atoms with Crippen LogP contribution >= 0.6 is 15.9 Å². The highest BCUT2D eigenvalue weighted by Gasteiger charge is 2.16. The molecular formula is C11H14BrFN2O2. The van der Waals surface area contributed by atoms with E-state index in [2.05, 4.69) is 21.2 Å². The van der Waals surface area contributed by atoms with E-state index in [0.29, 0.717) is 6.54 Å². The van der Waals surface area contributed by atoms with Crippen LogP contribution < -0.4 is 15.8 Å². The lowest BCUT2D eigenvalue weighted by molar-refractivity contribution is -0.127. The van der Waals surface area contributed by atoms with Crippen LogP contribution in [-0.2, 0) is 4.79 Å². The molecule has 0 saturated carbocycles. The summed E-state index contributed by atoms with van der Waals surface area (Å²) in [4.78, 5) is 11.4. The zero-order valence-corrected chi connectivity index (χ0v) is 11.2. The number of hydrogen-bond acceptors (Lipinski definition) is 3. The first kappa shape index (κ1) is 13.8. The van der Waals surface area contributed by atoms with Crippen molar-refractivity contribution in [2.45, 2.75) is 20.0 Å². The van der Waals surface area contributed by atoms with Gasteiger partial charge < -0.3 is 15.8 Å². The molecule has 0 aromatic heterocycles. The molecule has 0 aliphatic rings. The molecule has 1 aromatic rings. The maximum Gasteiger partial charge on any atom is 0.260 e. The van der Waals surface area contributed by atoms with E-state index < -0.39 is 11.9 Å². The summed E-state index contributed by atoms with van der Waals surface area (Å²) < 4.78 is 18.8. The van der Waals surface area contributed by atoms with Crippen molar-refractivity contribution in [1.82, 2.24) is 5.32 Å². The molecule has 0 bridgehead atoms. The average molecular weight is 305 g/mol. The fourth-order valence-corrected chi connectivity index (χ4v) is 1.57. The van der Waals surface area contributed by atoms with Crippen LogP contribution in [0.25, 0.3) is 0 Å². The van der Waals surface area contributed by atoms with Crippen molar-refractivity contribution < 1.29 is 13.9 Å². The van der Waals surface area contributed by atoms with Gasteiger partial charge in [-0.3, -0.25) is 4.79 Å². The fourth-order valence-electron chi connectivity index (χ4n) is 1.21. The van der Waals surface area contributed by atoms with E-state index in [9.17, 15) is 9.18 Å². The van der Waals surface area contributed by atoms with E-state index in [1.807, 2.05) is 0 Å². The van der Waals surface area contributed by atoms with Crippen molar-refractivity contribution in [3.63, 3.8) is 0 Å². The summed E-state index contributed by atoms with van der Waals surface area (Å²) in [5.41, 5.74) is 5.93. The highest BCUT2D eigenvalue weighted by Crippen LogP contribution is 2.29. The number of anilines is 1. The molecule has 0 aliphatic heterocycles. The standard InChI is InChI=1S/C11H14BrFN2O2/c1-3-15-11(16)6(2)17-10-5-8(13)7(12)4-9(10)14/h4-6H,3,14H2,1-2H3,(H,15,16). The van der Waals surface area contributed by atoms with Crippen LogP contribution in [0.15, 0.2) is 16.6 Å². The average Bonchev–Trinajstić information content (AvgIpc) is 2.26. The molecule has 0 fully saturated rings. The molecule has 6 heteroatoms. The van der Waals surface area contributed by atoms with Crippen LogP contribution in [0.2, 0.25) is 0 Å². The molecule has 3 N–H and O–H groups in total. The predicted molar refractivity (Wildman–Crippen MR) is 67.3 cm³/mol. The Hall–Kier alpha value is -1.30. The molecule has 1 rings (SSSR count). The lowest BCUT2D eigenvalue weighted by atomic mass is 10.3. The number of amides is 1. The third-order valence-corrected chi connectivity index (χ3v) is 2.68. The maximum atomic E-state index is 13.3. The third kappa shape index (κ3) is 3.59. The van der Waals surface area contributed by atoms with Gasteiger partial charge in [-0.2, -0.15) is 0 Å². The van der Waals surface area contributed by atoms with E-state index in [4.69, 9.17) is 10.5 Å². The zero-order valence-electron chi connectivity index (χ0n) is 9.59. The Kier molecular flexibility index (Phi) is 4.74. The van der Waals surface area contributed by atoms with Gasteiger partial charge in [0.1, 0.15) is 11.6 Å². The Balaban J connectivity index is 2.81. The van der Waals surface area contributed by atoms with Crippen molar-refractivity contribution in [2.75, 3.05) is 12.3 Å². The van der Waals surface area contributed by atoms with Gasteiger partial charge >= 0.3 is 0 Å². The number of hydrogen-bond donors (Lipinski definition) is 2. The van der Waals surface area contributed by atoms with E-state index in [1.54, 1.807) is 13.8 Å². The summed E-state index contributed by atoms with van der Waals surface area (Å²) in [5, 5.41) is 2.60. The van der Waals surface area contributed by atoms with Gasteiger partial charge in [0.2, 0.25) is 0 Å². The van der Waals surface area contributed by atoms with Crippen LogP contribution in [0, 0.1) is 5.82 Å². The first-order chi connectivity index (χ1) is 7.95. The minimum atomic E-state index is -0.724. The van der Waals surface area contributed by atoms with Gasteiger partial charge in [-0.15, -0.1) is 0 Å². The summed E-state index contributed by atoms with van der Waals surface area (Å²) in [6.45, 7) is 3.89. The summed E-state index contributed by atoms with van der Waals surface area (Å²) in [7, 11) is 0. The van der Waals surface area contributed by atoms with Gasteiger partial charge in [-0.25, -0.2) is 4.39 Å². The van der Waals surface area contributed by atoms with E-state index in [-0.39, 0.29) is 21.8 Å². The molecule has 1 amide bonds. The minimum Gasteiger partial charge on any atom is -0.479 e. The molecule has 0 radical (unpaired) electrons. The quantitative estimate of drug-likeness (QED) is 0.837. The predicted octanol–water partition coefficient (Wildman–Crippen LogP) is 2.07. The SMILES string of the molecule is CCNC(=O)C(C)Oc1cc(F)c(Br)cc1N. The number of nitrogen functional groups attached to an aromatic ring is 1. The second-order valence-electron chi connectivity index (χ2n) is 3.46. The van der Waals surface area contributed by atoms with Gasteiger partial charge in [-0.1, -0.05) is 0 Å². The smallest absolute Gasteiger partial charge is 0.260 e. The number of rotatable bonds is 4. The number of nitrogens with two attached hydrogens (primary N) is 1. The number of halogens is 2. The third-order valence-electron chi connectivity index (χ3n) is 2.08. The zero-order chi connectivity index (χ0) is 13.0. The molecule has 0 heterocycles. The first-order valence-electron chi connectivity index (χ1n) is 5.14. The van der Waals surface area contributed by atoms with Crippen molar-refractivity contribution in [3.8, 4) is 5.75 Å². The molecule has 17 heavy (non-hydrogen) atoms.